The Morgan fingerprint density at radius 3 is 2.85 bits per heavy atom. The summed E-state index contributed by atoms with van der Waals surface area (Å²) in [6.45, 7) is 0.800. The molecule has 4 heteroatoms. The van der Waals surface area contributed by atoms with Gasteiger partial charge in [-0.3, -0.25) is 0 Å². The van der Waals surface area contributed by atoms with Crippen LogP contribution < -0.4 is 10.1 Å². The van der Waals surface area contributed by atoms with Crippen molar-refractivity contribution in [2.45, 2.75) is 11.4 Å². The molecule has 0 saturated heterocycles. The van der Waals surface area contributed by atoms with Crippen LogP contribution in [0.1, 0.15) is 5.56 Å². The molecule has 1 N–H and O–H groups in total. The topological polar surface area (TPSA) is 45.0 Å². The summed E-state index contributed by atoms with van der Waals surface area (Å²) >= 11 is 1.73. The molecule has 2 rings (SSSR count). The van der Waals surface area contributed by atoms with Crippen LogP contribution in [0, 0.1) is 11.3 Å². The Hall–Kier alpha value is -2.12. The SMILES string of the molecule is CSc1cccc(NCc2cccc(OCC#N)c2)c1. The number of rotatable bonds is 6. The molecular formula is C16H16N2OS. The van der Waals surface area contributed by atoms with Gasteiger partial charge in [0.05, 0.1) is 0 Å². The Labute approximate surface area is 123 Å². The molecule has 0 aliphatic heterocycles. The van der Waals surface area contributed by atoms with Crippen LogP contribution in [0.15, 0.2) is 53.4 Å². The minimum absolute atomic E-state index is 0.0760. The minimum Gasteiger partial charge on any atom is -0.479 e. The number of ether oxygens (including phenoxy) is 1. The van der Waals surface area contributed by atoms with Gasteiger partial charge in [0.1, 0.15) is 11.8 Å². The molecule has 0 radical (unpaired) electrons. The van der Waals surface area contributed by atoms with Gasteiger partial charge in [0.25, 0.3) is 0 Å². The van der Waals surface area contributed by atoms with Gasteiger partial charge >= 0.3 is 0 Å². The van der Waals surface area contributed by atoms with E-state index >= 15 is 0 Å². The molecule has 0 atom stereocenters. The number of anilines is 1. The zero-order valence-electron chi connectivity index (χ0n) is 11.3. The molecule has 0 saturated carbocycles. The molecule has 0 bridgehead atoms. The molecule has 0 spiro atoms. The highest BCUT2D eigenvalue weighted by Gasteiger charge is 1.98. The second-order valence-corrected chi connectivity index (χ2v) is 5.06. The highest BCUT2D eigenvalue weighted by molar-refractivity contribution is 7.98. The first kappa shape index (κ1) is 14.3. The van der Waals surface area contributed by atoms with E-state index in [0.717, 1.165) is 23.5 Å². The van der Waals surface area contributed by atoms with Crippen LogP contribution in [0.2, 0.25) is 0 Å². The van der Waals surface area contributed by atoms with Crippen molar-refractivity contribution in [1.29, 1.82) is 5.26 Å². The van der Waals surface area contributed by atoms with Crippen LogP contribution in [0.4, 0.5) is 5.69 Å². The van der Waals surface area contributed by atoms with Gasteiger partial charge < -0.3 is 10.1 Å². The first-order chi connectivity index (χ1) is 9.81. The van der Waals surface area contributed by atoms with Crippen LogP contribution in [-0.4, -0.2) is 12.9 Å². The standard InChI is InChI=1S/C16H16N2OS/c1-20-16-7-3-5-14(11-16)18-12-13-4-2-6-15(10-13)19-9-8-17/h2-7,10-11,18H,9,12H2,1H3. The largest absolute Gasteiger partial charge is 0.479 e. The lowest BCUT2D eigenvalue weighted by Crippen LogP contribution is -2.00. The number of nitriles is 1. The van der Waals surface area contributed by atoms with E-state index in [9.17, 15) is 0 Å². The van der Waals surface area contributed by atoms with Gasteiger partial charge in [-0.1, -0.05) is 18.2 Å². The lowest BCUT2D eigenvalue weighted by Gasteiger charge is -2.09. The Morgan fingerprint density at radius 2 is 2.05 bits per heavy atom. The fourth-order valence-electron chi connectivity index (χ4n) is 1.80. The third-order valence-corrected chi connectivity index (χ3v) is 3.49. The smallest absolute Gasteiger partial charge is 0.174 e. The molecule has 3 nitrogen and oxygen atoms in total. The molecule has 0 unspecified atom stereocenters. The number of benzene rings is 2. The maximum Gasteiger partial charge on any atom is 0.174 e. The van der Waals surface area contributed by atoms with Crippen molar-refractivity contribution in [1.82, 2.24) is 0 Å². The van der Waals surface area contributed by atoms with Crippen LogP contribution in [0.3, 0.4) is 0 Å². The quantitative estimate of drug-likeness (QED) is 0.817. The number of hydrogen-bond donors (Lipinski definition) is 1. The third-order valence-electron chi connectivity index (χ3n) is 2.77. The van der Waals surface area contributed by atoms with Crippen molar-refractivity contribution in [2.75, 3.05) is 18.2 Å². The summed E-state index contributed by atoms with van der Waals surface area (Å²) in [5, 5.41) is 11.9. The number of nitrogens with one attached hydrogen (secondary N) is 1. The minimum atomic E-state index is 0.0760. The van der Waals surface area contributed by atoms with Gasteiger partial charge in [-0.2, -0.15) is 5.26 Å². The Bertz CT molecular complexity index is 607. The highest BCUT2D eigenvalue weighted by Crippen LogP contribution is 2.20. The van der Waals surface area contributed by atoms with Crippen LogP contribution >= 0.6 is 11.8 Å². The summed E-state index contributed by atoms with van der Waals surface area (Å²) in [6, 6.07) is 18.0. The molecule has 0 aliphatic rings. The van der Waals surface area contributed by atoms with E-state index in [2.05, 4.69) is 29.8 Å². The second-order valence-electron chi connectivity index (χ2n) is 4.18. The van der Waals surface area contributed by atoms with E-state index in [0.29, 0.717) is 0 Å². The number of thioether (sulfide) groups is 1. The van der Waals surface area contributed by atoms with E-state index in [1.807, 2.05) is 36.4 Å². The van der Waals surface area contributed by atoms with E-state index in [4.69, 9.17) is 10.00 Å². The van der Waals surface area contributed by atoms with Gasteiger partial charge in [0.2, 0.25) is 0 Å². The average Bonchev–Trinajstić information content (AvgIpc) is 2.51. The first-order valence-electron chi connectivity index (χ1n) is 6.28. The molecular weight excluding hydrogens is 268 g/mol. The summed E-state index contributed by atoms with van der Waals surface area (Å²) < 4.78 is 5.29. The molecule has 2 aromatic rings. The number of hydrogen-bond acceptors (Lipinski definition) is 4. The third kappa shape index (κ3) is 4.22. The van der Waals surface area contributed by atoms with Gasteiger partial charge in [0.15, 0.2) is 6.61 Å². The summed E-state index contributed by atoms with van der Waals surface area (Å²) in [6.07, 6.45) is 2.06. The second kappa shape index (κ2) is 7.46. The van der Waals surface area contributed by atoms with Crippen molar-refractivity contribution in [3.63, 3.8) is 0 Å². The zero-order valence-corrected chi connectivity index (χ0v) is 12.1. The molecule has 2 aromatic carbocycles. The Kier molecular flexibility index (Phi) is 5.33. The van der Waals surface area contributed by atoms with Crippen molar-refractivity contribution >= 4 is 17.4 Å². The average molecular weight is 284 g/mol. The van der Waals surface area contributed by atoms with E-state index in [-0.39, 0.29) is 6.61 Å². The van der Waals surface area contributed by atoms with Gasteiger partial charge in [-0.15, -0.1) is 11.8 Å². The van der Waals surface area contributed by atoms with E-state index < -0.39 is 0 Å². The van der Waals surface area contributed by atoms with Crippen molar-refractivity contribution < 1.29 is 4.74 Å². The molecule has 0 aromatic heterocycles. The maximum absolute atomic E-state index is 8.51. The van der Waals surface area contributed by atoms with Gasteiger partial charge in [-0.05, 0) is 42.2 Å². The Morgan fingerprint density at radius 1 is 1.20 bits per heavy atom. The molecule has 0 heterocycles. The zero-order chi connectivity index (χ0) is 14.2. The lowest BCUT2D eigenvalue weighted by molar-refractivity contribution is 0.368. The molecule has 0 aliphatic carbocycles. The fourth-order valence-corrected chi connectivity index (χ4v) is 2.26. The van der Waals surface area contributed by atoms with Crippen molar-refractivity contribution in [3.8, 4) is 11.8 Å². The first-order valence-corrected chi connectivity index (χ1v) is 7.51. The summed E-state index contributed by atoms with van der Waals surface area (Å²) in [4.78, 5) is 1.24. The maximum atomic E-state index is 8.51. The highest BCUT2D eigenvalue weighted by atomic mass is 32.2. The summed E-state index contributed by atoms with van der Waals surface area (Å²) in [7, 11) is 0. The normalized spacial score (nSPS) is 9.80. The Balaban J connectivity index is 1.98. The van der Waals surface area contributed by atoms with Crippen LogP contribution in [0.25, 0.3) is 0 Å². The van der Waals surface area contributed by atoms with Gasteiger partial charge in [-0.25, -0.2) is 0 Å². The predicted molar refractivity (Wildman–Crippen MR) is 83.1 cm³/mol. The predicted octanol–water partition coefficient (Wildman–Crippen LogP) is 3.92. The van der Waals surface area contributed by atoms with Crippen LogP contribution in [-0.2, 0) is 6.54 Å². The monoisotopic (exact) mass is 284 g/mol. The van der Waals surface area contributed by atoms with Gasteiger partial charge in [0, 0.05) is 17.1 Å². The van der Waals surface area contributed by atoms with E-state index in [1.165, 1.54) is 4.90 Å². The molecule has 102 valence electrons. The molecule has 0 amide bonds. The summed E-state index contributed by atoms with van der Waals surface area (Å²) in [5.41, 5.74) is 2.22. The molecule has 0 fully saturated rings. The van der Waals surface area contributed by atoms with Crippen molar-refractivity contribution in [3.05, 3.63) is 54.1 Å². The fraction of sp³-hybridized carbons (Fsp3) is 0.188. The summed E-state index contributed by atoms with van der Waals surface area (Å²) in [5.74, 6) is 0.726. The molecule has 20 heavy (non-hydrogen) atoms. The van der Waals surface area contributed by atoms with E-state index in [1.54, 1.807) is 11.8 Å². The van der Waals surface area contributed by atoms with Crippen LogP contribution in [0.5, 0.6) is 5.75 Å². The van der Waals surface area contributed by atoms with Crippen molar-refractivity contribution in [2.24, 2.45) is 0 Å². The lowest BCUT2D eigenvalue weighted by atomic mass is 10.2. The number of nitrogens with zero attached hydrogens (tertiary/aromatic N) is 1.